The third-order valence-electron chi connectivity index (χ3n) is 14.0. The number of aromatic nitrogens is 1. The predicted octanol–water partition coefficient (Wildman–Crippen LogP) is 14.0. The number of benzene rings is 8. The fraction of sp³-hybridized carbons (Fsp3) is 0.150. The lowest BCUT2D eigenvalue weighted by molar-refractivity contribution is -0.137. The number of aromatic amines is 1. The van der Waals surface area contributed by atoms with E-state index < -0.39 is 27.5 Å². The zero-order valence-electron chi connectivity index (χ0n) is 38.9. The lowest BCUT2D eigenvalue weighted by Crippen LogP contribution is -2.26. The minimum absolute atomic E-state index is 0.0711. The third kappa shape index (κ3) is 8.92. The first-order valence-electron chi connectivity index (χ1n) is 23.9. The Kier molecular flexibility index (Phi) is 12.3. The molecule has 1 amide bonds. The Bertz CT molecular complexity index is 3610. The average molecular weight is 980 g/mol. The lowest BCUT2D eigenvalue weighted by Gasteiger charge is -2.32. The van der Waals surface area contributed by atoms with Crippen molar-refractivity contribution in [1.82, 2.24) is 4.98 Å². The second kappa shape index (κ2) is 19.0. The lowest BCUT2D eigenvalue weighted by atomic mass is 9.88. The number of rotatable bonds is 10. The number of hydrogen-bond donors (Lipinski definition) is 3. The third-order valence-corrected chi connectivity index (χ3v) is 15.8. The van der Waals surface area contributed by atoms with Gasteiger partial charge in [-0.2, -0.15) is 13.2 Å². The molecule has 4 N–H and O–H groups in total. The van der Waals surface area contributed by atoms with Crippen molar-refractivity contribution in [1.29, 1.82) is 0 Å². The number of primary amides is 1. The Morgan fingerprint density at radius 1 is 0.694 bits per heavy atom. The van der Waals surface area contributed by atoms with Crippen molar-refractivity contribution in [2.75, 3.05) is 18.5 Å². The molecule has 2 heterocycles. The first-order chi connectivity index (χ1) is 34.9. The molecule has 12 rings (SSSR count). The van der Waals surface area contributed by atoms with E-state index in [4.69, 9.17) is 15.2 Å². The molecule has 72 heavy (non-hydrogen) atoms. The number of hydrogen-bond acceptors (Lipinski definition) is 6. The molecule has 2 unspecified atom stereocenters. The van der Waals surface area contributed by atoms with Crippen LogP contribution in [0, 0.1) is 5.92 Å². The largest absolute Gasteiger partial charge is 0.441 e. The summed E-state index contributed by atoms with van der Waals surface area (Å²) in [4.78, 5) is 15.0. The molecule has 3 aliphatic rings. The van der Waals surface area contributed by atoms with Gasteiger partial charge in [0.15, 0.2) is 5.88 Å². The minimum atomic E-state index is -4.74. The van der Waals surface area contributed by atoms with Gasteiger partial charge in [-0.25, -0.2) is 8.42 Å². The molecule has 0 radical (unpaired) electrons. The van der Waals surface area contributed by atoms with E-state index in [2.05, 4.69) is 58.8 Å². The SMILES string of the molecule is NC(=O)c1ccccc1S(=O)(=O)c1ccc(NCC2CCOC(c3cccc4c3Cc3ccccc3-4)C2)c(-c2c(C(F)(F)F)ccc3c2Cc2ccccc2-3)c1.c1ccc(Oc2cc3ccccc3[nH]2)cc1. The monoisotopic (exact) mass is 979 g/mol. The molecule has 2 atom stereocenters. The van der Waals surface area contributed by atoms with Gasteiger partial charge in [-0.1, -0.05) is 121 Å². The molecule has 0 saturated carbocycles. The summed E-state index contributed by atoms with van der Waals surface area (Å²) in [6.45, 7) is 0.953. The maximum absolute atomic E-state index is 15.1. The number of halogens is 3. The van der Waals surface area contributed by atoms with Gasteiger partial charge in [-0.05, 0) is 136 Å². The number of amides is 1. The van der Waals surface area contributed by atoms with E-state index in [9.17, 15) is 13.2 Å². The van der Waals surface area contributed by atoms with Crippen molar-refractivity contribution < 1.29 is 35.9 Å². The standard InChI is InChI=1S/C46H37F3N2O4S.C14H11NO/c47-46(48,49)40-18-17-34-32-11-4-2-9-29(32)24-38(34)44(40)39-25-30(56(53,54)43-15-6-5-12-36(43)45(50)52)16-19-41(39)51-26-27-20-21-55-42(22-27)35-14-7-13-33-31-10-3-1-8-28(31)23-37(33)35;1-2-7-12(8-3-1)16-14-10-11-6-4-5-9-13(11)15-14/h1-19,25,27,42,51H,20-24,26H2,(H2,50,52);1-10,15H. The normalized spacial score (nSPS) is 15.7. The number of nitrogens with one attached hydrogen (secondary N) is 2. The summed E-state index contributed by atoms with van der Waals surface area (Å²) >= 11 is 0. The summed E-state index contributed by atoms with van der Waals surface area (Å²) in [5.41, 5.74) is 15.1. The Labute approximate surface area is 415 Å². The van der Waals surface area contributed by atoms with Gasteiger partial charge in [0, 0.05) is 46.9 Å². The molecule has 1 saturated heterocycles. The van der Waals surface area contributed by atoms with Gasteiger partial charge < -0.3 is 25.5 Å². The van der Waals surface area contributed by atoms with Gasteiger partial charge in [0.1, 0.15) is 5.75 Å². The molecule has 1 aromatic heterocycles. The van der Waals surface area contributed by atoms with E-state index in [1.165, 1.54) is 70.8 Å². The van der Waals surface area contributed by atoms with Crippen LogP contribution in [0.25, 0.3) is 44.3 Å². The van der Waals surface area contributed by atoms with Crippen LogP contribution in [0.2, 0.25) is 0 Å². The molecular formula is C60H48F3N3O5S. The number of carbonyl (C=O) groups excluding carboxylic acids is 1. The molecule has 1 fully saturated rings. The number of fused-ring (bicyclic) bond motifs is 7. The van der Waals surface area contributed by atoms with Crippen LogP contribution in [-0.4, -0.2) is 32.5 Å². The Morgan fingerprint density at radius 3 is 2.11 bits per heavy atom. The predicted molar refractivity (Wildman–Crippen MR) is 275 cm³/mol. The fourth-order valence-corrected chi connectivity index (χ4v) is 12.1. The van der Waals surface area contributed by atoms with Crippen LogP contribution in [0.1, 0.15) is 62.7 Å². The van der Waals surface area contributed by atoms with Crippen LogP contribution in [0.5, 0.6) is 11.6 Å². The van der Waals surface area contributed by atoms with Gasteiger partial charge in [-0.15, -0.1) is 0 Å². The highest BCUT2D eigenvalue weighted by atomic mass is 32.2. The first-order valence-corrected chi connectivity index (χ1v) is 25.3. The highest BCUT2D eigenvalue weighted by molar-refractivity contribution is 7.91. The van der Waals surface area contributed by atoms with Gasteiger partial charge in [0.25, 0.3) is 0 Å². The van der Waals surface area contributed by atoms with Crippen molar-refractivity contribution in [3.8, 4) is 45.0 Å². The number of anilines is 1. The quantitative estimate of drug-likeness (QED) is 0.125. The van der Waals surface area contributed by atoms with Crippen molar-refractivity contribution in [2.45, 2.75) is 47.8 Å². The summed E-state index contributed by atoms with van der Waals surface area (Å²) in [7, 11) is -4.40. The van der Waals surface area contributed by atoms with E-state index in [0.717, 1.165) is 58.1 Å². The van der Waals surface area contributed by atoms with Gasteiger partial charge in [-0.3, -0.25) is 4.79 Å². The number of nitrogens with two attached hydrogens (primary N) is 1. The van der Waals surface area contributed by atoms with E-state index in [-0.39, 0.29) is 44.9 Å². The highest BCUT2D eigenvalue weighted by Crippen LogP contribution is 2.50. The van der Waals surface area contributed by atoms with Crippen molar-refractivity contribution in [3.05, 3.63) is 221 Å². The second-order valence-corrected chi connectivity index (χ2v) is 20.3. The van der Waals surface area contributed by atoms with E-state index in [0.29, 0.717) is 36.4 Å². The fourth-order valence-electron chi connectivity index (χ4n) is 10.6. The maximum Gasteiger partial charge on any atom is 0.417 e. The molecule has 2 aliphatic carbocycles. The smallest absolute Gasteiger partial charge is 0.417 e. The van der Waals surface area contributed by atoms with Crippen LogP contribution < -0.4 is 15.8 Å². The summed E-state index contributed by atoms with van der Waals surface area (Å²) in [6, 6.07) is 54.5. The van der Waals surface area contributed by atoms with E-state index in [1.807, 2.05) is 78.9 Å². The summed E-state index contributed by atoms with van der Waals surface area (Å²) in [6.07, 6.45) is -2.36. The van der Waals surface area contributed by atoms with Crippen molar-refractivity contribution in [2.24, 2.45) is 11.7 Å². The minimum Gasteiger partial charge on any atom is -0.441 e. The molecule has 8 nitrogen and oxygen atoms in total. The zero-order valence-corrected chi connectivity index (χ0v) is 39.7. The van der Waals surface area contributed by atoms with Crippen molar-refractivity contribution in [3.63, 3.8) is 0 Å². The second-order valence-electron chi connectivity index (χ2n) is 18.4. The van der Waals surface area contributed by atoms with Gasteiger partial charge in [0.2, 0.25) is 15.7 Å². The maximum atomic E-state index is 15.1. The first kappa shape index (κ1) is 46.5. The van der Waals surface area contributed by atoms with Crippen LogP contribution in [0.15, 0.2) is 192 Å². The molecule has 9 aromatic rings. The number of sulfone groups is 1. The number of carbonyl (C=O) groups is 1. The summed E-state index contributed by atoms with van der Waals surface area (Å²) in [5.74, 6) is 0.793. The van der Waals surface area contributed by atoms with Gasteiger partial charge in [0.05, 0.1) is 27.0 Å². The summed E-state index contributed by atoms with van der Waals surface area (Å²) in [5, 5.41) is 4.63. The summed E-state index contributed by atoms with van der Waals surface area (Å²) < 4.78 is 85.7. The molecular weight excluding hydrogens is 932 g/mol. The molecule has 0 spiro atoms. The Morgan fingerprint density at radius 2 is 1.36 bits per heavy atom. The Hall–Kier alpha value is -7.93. The number of para-hydroxylation sites is 2. The molecule has 1 aliphatic heterocycles. The van der Waals surface area contributed by atoms with Crippen LogP contribution >= 0.6 is 0 Å². The van der Waals surface area contributed by atoms with E-state index >= 15 is 13.2 Å². The van der Waals surface area contributed by atoms with Crippen LogP contribution in [0.4, 0.5) is 18.9 Å². The van der Waals surface area contributed by atoms with E-state index in [1.54, 1.807) is 0 Å². The average Bonchev–Trinajstić information content (AvgIpc) is 4.11. The van der Waals surface area contributed by atoms with Gasteiger partial charge >= 0.3 is 6.18 Å². The Balaban J connectivity index is 0.000000295. The van der Waals surface area contributed by atoms with Crippen LogP contribution in [-0.2, 0) is 33.6 Å². The topological polar surface area (TPSA) is 124 Å². The number of ether oxygens (including phenoxy) is 2. The number of H-pyrrole nitrogens is 1. The van der Waals surface area contributed by atoms with Crippen LogP contribution in [0.3, 0.4) is 0 Å². The molecule has 12 heteroatoms. The molecule has 8 aromatic carbocycles. The molecule has 360 valence electrons. The highest BCUT2D eigenvalue weighted by Gasteiger charge is 2.38. The molecule has 0 bridgehead atoms. The number of alkyl halides is 3. The van der Waals surface area contributed by atoms with Crippen molar-refractivity contribution >= 4 is 32.3 Å². The zero-order chi connectivity index (χ0) is 49.6.